The van der Waals surface area contributed by atoms with Crippen LogP contribution in [0.4, 0.5) is 0 Å². The van der Waals surface area contributed by atoms with Crippen LogP contribution in [-0.2, 0) is 10.2 Å². The van der Waals surface area contributed by atoms with Crippen molar-refractivity contribution in [1.29, 1.82) is 0 Å². The van der Waals surface area contributed by atoms with Gasteiger partial charge in [-0.2, -0.15) is 13.1 Å². The highest BCUT2D eigenvalue weighted by molar-refractivity contribution is 7.87. The molecule has 0 aliphatic carbocycles. The molecule has 0 saturated heterocycles. The van der Waals surface area contributed by atoms with Gasteiger partial charge in [-0.1, -0.05) is 6.92 Å². The van der Waals surface area contributed by atoms with Gasteiger partial charge in [0.1, 0.15) is 0 Å². The molecular formula is C8H22ClN3O2S. The largest absolute Gasteiger partial charge is 0.315 e. The van der Waals surface area contributed by atoms with Crippen LogP contribution in [-0.4, -0.2) is 34.1 Å². The molecule has 15 heavy (non-hydrogen) atoms. The lowest BCUT2D eigenvalue weighted by molar-refractivity contribution is 0.550. The third-order valence-corrected chi connectivity index (χ3v) is 2.78. The fourth-order valence-corrected chi connectivity index (χ4v) is 2.00. The molecule has 0 aliphatic rings. The summed E-state index contributed by atoms with van der Waals surface area (Å²) in [6, 6.07) is -0.0731. The first-order valence-corrected chi connectivity index (χ1v) is 6.44. The second-order valence-electron chi connectivity index (χ2n) is 3.42. The Morgan fingerprint density at radius 1 is 1.13 bits per heavy atom. The first kappa shape index (κ1) is 17.5. The van der Waals surface area contributed by atoms with Gasteiger partial charge in [-0.15, -0.1) is 12.4 Å². The van der Waals surface area contributed by atoms with Crippen LogP contribution < -0.4 is 14.8 Å². The maximum atomic E-state index is 11.2. The van der Waals surface area contributed by atoms with Crippen LogP contribution >= 0.6 is 12.4 Å². The third kappa shape index (κ3) is 12.0. The lowest BCUT2D eigenvalue weighted by Crippen LogP contribution is -2.42. The Balaban J connectivity index is 0. The summed E-state index contributed by atoms with van der Waals surface area (Å²) in [5, 5.41) is 3.11. The molecular weight excluding hydrogens is 238 g/mol. The number of halogens is 1. The molecule has 0 bridgehead atoms. The van der Waals surface area contributed by atoms with E-state index in [2.05, 4.69) is 21.7 Å². The minimum atomic E-state index is -3.31. The Morgan fingerprint density at radius 2 is 1.73 bits per heavy atom. The molecule has 0 aromatic carbocycles. The second kappa shape index (κ2) is 9.35. The van der Waals surface area contributed by atoms with Gasteiger partial charge in [0.2, 0.25) is 0 Å². The van der Waals surface area contributed by atoms with Gasteiger partial charge < -0.3 is 5.32 Å². The van der Waals surface area contributed by atoms with Crippen molar-refractivity contribution in [2.75, 3.05) is 19.6 Å². The molecule has 7 heteroatoms. The lowest BCUT2D eigenvalue weighted by Gasteiger charge is -2.10. The van der Waals surface area contributed by atoms with Crippen molar-refractivity contribution < 1.29 is 8.42 Å². The molecule has 0 aromatic rings. The van der Waals surface area contributed by atoms with Gasteiger partial charge >= 0.3 is 0 Å². The van der Waals surface area contributed by atoms with Crippen molar-refractivity contribution >= 4 is 22.6 Å². The van der Waals surface area contributed by atoms with E-state index in [0.29, 0.717) is 13.1 Å². The van der Waals surface area contributed by atoms with E-state index in [0.717, 1.165) is 13.0 Å². The van der Waals surface area contributed by atoms with Crippen molar-refractivity contribution in [2.45, 2.75) is 33.2 Å². The van der Waals surface area contributed by atoms with E-state index in [4.69, 9.17) is 0 Å². The van der Waals surface area contributed by atoms with Crippen molar-refractivity contribution in [3.8, 4) is 0 Å². The standard InChI is InChI=1S/C8H21N3O2S.ClH/c1-4-5-9-6-7-10-14(12,13)11-8(2)3;/h8-11H,4-7H2,1-3H3;1H. The third-order valence-electron chi connectivity index (χ3n) is 1.41. The van der Waals surface area contributed by atoms with Crippen molar-refractivity contribution in [1.82, 2.24) is 14.8 Å². The van der Waals surface area contributed by atoms with Crippen molar-refractivity contribution in [3.05, 3.63) is 0 Å². The number of nitrogens with one attached hydrogen (secondary N) is 3. The molecule has 3 N–H and O–H groups in total. The van der Waals surface area contributed by atoms with Crippen LogP contribution in [0.3, 0.4) is 0 Å². The Morgan fingerprint density at radius 3 is 2.20 bits per heavy atom. The zero-order chi connectivity index (χ0) is 11.0. The first-order chi connectivity index (χ1) is 6.48. The summed E-state index contributed by atoms with van der Waals surface area (Å²) in [4.78, 5) is 0. The average molecular weight is 260 g/mol. The molecule has 0 rings (SSSR count). The molecule has 0 spiro atoms. The van der Waals surface area contributed by atoms with E-state index in [9.17, 15) is 8.42 Å². The molecule has 5 nitrogen and oxygen atoms in total. The lowest BCUT2D eigenvalue weighted by atomic mass is 10.4. The topological polar surface area (TPSA) is 70.2 Å². The molecule has 0 heterocycles. The van der Waals surface area contributed by atoms with Crippen LogP contribution in [0.25, 0.3) is 0 Å². The van der Waals surface area contributed by atoms with E-state index < -0.39 is 10.2 Å². The molecule has 94 valence electrons. The summed E-state index contributed by atoms with van der Waals surface area (Å²) in [5.41, 5.74) is 0. The fraction of sp³-hybridized carbons (Fsp3) is 1.00. The molecule has 0 saturated carbocycles. The number of hydrogen-bond donors (Lipinski definition) is 3. The van der Waals surface area contributed by atoms with Gasteiger partial charge in [-0.3, -0.25) is 0 Å². The molecule has 0 fully saturated rings. The van der Waals surface area contributed by atoms with Crippen molar-refractivity contribution in [3.63, 3.8) is 0 Å². The molecule has 0 radical (unpaired) electrons. The summed E-state index contributed by atoms with van der Waals surface area (Å²) in [6.07, 6.45) is 1.05. The van der Waals surface area contributed by atoms with E-state index in [-0.39, 0.29) is 18.4 Å². The minimum Gasteiger partial charge on any atom is -0.315 e. The van der Waals surface area contributed by atoms with Gasteiger partial charge in [0.15, 0.2) is 0 Å². The van der Waals surface area contributed by atoms with Gasteiger partial charge in [-0.25, -0.2) is 4.72 Å². The van der Waals surface area contributed by atoms with Crippen LogP contribution in [0.15, 0.2) is 0 Å². The van der Waals surface area contributed by atoms with Crippen LogP contribution in [0.5, 0.6) is 0 Å². The second-order valence-corrected chi connectivity index (χ2v) is 4.95. The van der Waals surface area contributed by atoms with E-state index >= 15 is 0 Å². The average Bonchev–Trinajstić information content (AvgIpc) is 2.01. The molecule has 0 aromatic heterocycles. The van der Waals surface area contributed by atoms with Gasteiger partial charge in [0.25, 0.3) is 10.2 Å². The summed E-state index contributed by atoms with van der Waals surface area (Å²) in [5.74, 6) is 0. The molecule has 0 aliphatic heterocycles. The molecule has 0 atom stereocenters. The van der Waals surface area contributed by atoms with E-state index in [1.54, 1.807) is 13.8 Å². The maximum absolute atomic E-state index is 11.2. The zero-order valence-corrected chi connectivity index (χ0v) is 11.2. The highest BCUT2D eigenvalue weighted by Gasteiger charge is 2.09. The van der Waals surface area contributed by atoms with Gasteiger partial charge in [-0.05, 0) is 26.8 Å². The smallest absolute Gasteiger partial charge is 0.277 e. The highest BCUT2D eigenvalue weighted by atomic mass is 35.5. The number of hydrogen-bond acceptors (Lipinski definition) is 3. The number of rotatable bonds is 8. The summed E-state index contributed by atoms with van der Waals surface area (Å²) in [6.45, 7) is 7.63. The van der Waals surface area contributed by atoms with Crippen LogP contribution in [0, 0.1) is 0 Å². The summed E-state index contributed by atoms with van der Waals surface area (Å²) < 4.78 is 27.3. The van der Waals surface area contributed by atoms with Crippen LogP contribution in [0.2, 0.25) is 0 Å². The van der Waals surface area contributed by atoms with Gasteiger partial charge in [0.05, 0.1) is 0 Å². The normalized spacial score (nSPS) is 11.5. The Bertz CT molecular complexity index is 232. The Kier molecular flexibility index (Phi) is 10.9. The SMILES string of the molecule is CCCNCCNS(=O)(=O)NC(C)C.Cl. The predicted octanol–water partition coefficient (Wildman–Crippen LogP) is 0.240. The minimum absolute atomic E-state index is 0. The molecule has 0 unspecified atom stereocenters. The van der Waals surface area contributed by atoms with Crippen LogP contribution in [0.1, 0.15) is 27.2 Å². The highest BCUT2D eigenvalue weighted by Crippen LogP contribution is 1.82. The van der Waals surface area contributed by atoms with Gasteiger partial charge in [0, 0.05) is 19.1 Å². The monoisotopic (exact) mass is 259 g/mol. The Hall–Kier alpha value is 0.120. The van der Waals surface area contributed by atoms with E-state index in [1.807, 2.05) is 0 Å². The summed E-state index contributed by atoms with van der Waals surface area (Å²) >= 11 is 0. The van der Waals surface area contributed by atoms with E-state index in [1.165, 1.54) is 0 Å². The Labute approximate surface area is 99.0 Å². The maximum Gasteiger partial charge on any atom is 0.277 e. The summed E-state index contributed by atoms with van der Waals surface area (Å²) in [7, 11) is -3.31. The molecule has 0 amide bonds. The predicted molar refractivity (Wildman–Crippen MR) is 65.6 cm³/mol. The zero-order valence-electron chi connectivity index (χ0n) is 9.54. The fourth-order valence-electron chi connectivity index (χ4n) is 0.928. The van der Waals surface area contributed by atoms with Crippen molar-refractivity contribution in [2.24, 2.45) is 0 Å². The quantitative estimate of drug-likeness (QED) is 0.547. The first-order valence-electron chi connectivity index (χ1n) is 4.95.